The number of esters is 1. The van der Waals surface area contributed by atoms with E-state index in [1.54, 1.807) is 43.3 Å². The van der Waals surface area contributed by atoms with Gasteiger partial charge in [0.25, 0.3) is 0 Å². The Morgan fingerprint density at radius 2 is 1.90 bits per heavy atom. The number of hydrogen-bond donors (Lipinski definition) is 0. The zero-order valence-electron chi connectivity index (χ0n) is 11.3. The monoisotopic (exact) mass is 304 g/mol. The number of hydrogen-bond acceptors (Lipinski definition) is 4. The largest absolute Gasteiger partial charge is 0.462 e. The lowest BCUT2D eigenvalue weighted by molar-refractivity contribution is -0.107. The SMILES string of the molecule is CCOC(=O)c1ccc(-c2ccc(/C=C/C(=O)Cl)o2)cc1. The molecule has 0 radical (unpaired) electrons. The molecule has 2 rings (SSSR count). The number of rotatable bonds is 5. The van der Waals surface area contributed by atoms with Crippen LogP contribution < -0.4 is 0 Å². The van der Waals surface area contributed by atoms with Gasteiger partial charge in [0.15, 0.2) is 0 Å². The smallest absolute Gasteiger partial charge is 0.338 e. The van der Waals surface area contributed by atoms with Crippen LogP contribution in [0.25, 0.3) is 17.4 Å². The summed E-state index contributed by atoms with van der Waals surface area (Å²) in [5.41, 5.74) is 1.31. The fraction of sp³-hybridized carbons (Fsp3) is 0.125. The molecule has 0 aliphatic carbocycles. The van der Waals surface area contributed by atoms with Crippen molar-refractivity contribution in [2.24, 2.45) is 0 Å². The van der Waals surface area contributed by atoms with Gasteiger partial charge < -0.3 is 9.15 Å². The summed E-state index contributed by atoms with van der Waals surface area (Å²) in [4.78, 5) is 22.2. The predicted octanol–water partition coefficient (Wildman–Crippen LogP) is 3.90. The van der Waals surface area contributed by atoms with Gasteiger partial charge in [-0.25, -0.2) is 4.79 Å². The van der Waals surface area contributed by atoms with Gasteiger partial charge in [-0.2, -0.15) is 0 Å². The first-order valence-corrected chi connectivity index (χ1v) is 6.73. The second kappa shape index (κ2) is 6.90. The number of ether oxygens (including phenoxy) is 1. The topological polar surface area (TPSA) is 56.5 Å². The molecule has 0 N–H and O–H groups in total. The summed E-state index contributed by atoms with van der Waals surface area (Å²) in [6, 6.07) is 10.4. The molecule has 0 saturated heterocycles. The van der Waals surface area contributed by atoms with E-state index in [1.807, 2.05) is 0 Å². The number of carbonyl (C=O) groups excluding carboxylic acids is 2. The van der Waals surface area contributed by atoms with Crippen molar-refractivity contribution < 1.29 is 18.7 Å². The lowest BCUT2D eigenvalue weighted by Gasteiger charge is -2.02. The van der Waals surface area contributed by atoms with Gasteiger partial charge in [0.1, 0.15) is 11.5 Å². The molecule has 0 bridgehead atoms. The molecule has 0 amide bonds. The van der Waals surface area contributed by atoms with Gasteiger partial charge in [0.05, 0.1) is 12.2 Å². The molecule has 0 unspecified atom stereocenters. The van der Waals surface area contributed by atoms with Gasteiger partial charge in [-0.3, -0.25) is 4.79 Å². The standard InChI is InChI=1S/C16H13ClO4/c1-2-20-16(19)12-5-3-11(4-6-12)14-9-7-13(21-14)8-10-15(17)18/h3-10H,2H2,1H3/b10-8+. The fourth-order valence-electron chi connectivity index (χ4n) is 1.73. The maximum absolute atomic E-state index is 11.5. The van der Waals surface area contributed by atoms with E-state index >= 15 is 0 Å². The molecule has 4 nitrogen and oxygen atoms in total. The van der Waals surface area contributed by atoms with Crippen LogP contribution in [0.2, 0.25) is 0 Å². The van der Waals surface area contributed by atoms with Gasteiger partial charge in [-0.15, -0.1) is 0 Å². The summed E-state index contributed by atoms with van der Waals surface area (Å²) >= 11 is 5.21. The molecule has 0 aliphatic heterocycles. The number of benzene rings is 1. The van der Waals surface area contributed by atoms with Gasteiger partial charge >= 0.3 is 5.97 Å². The van der Waals surface area contributed by atoms with Crippen LogP contribution in [-0.4, -0.2) is 17.8 Å². The second-order valence-corrected chi connectivity index (χ2v) is 4.51. The Bertz CT molecular complexity index is 668. The molecule has 0 spiro atoms. The first kappa shape index (κ1) is 15.1. The van der Waals surface area contributed by atoms with E-state index < -0.39 is 5.24 Å². The fourth-order valence-corrected chi connectivity index (χ4v) is 1.79. The van der Waals surface area contributed by atoms with Crippen molar-refractivity contribution in [3.8, 4) is 11.3 Å². The van der Waals surface area contributed by atoms with Crippen molar-refractivity contribution in [1.82, 2.24) is 0 Å². The van der Waals surface area contributed by atoms with Crippen molar-refractivity contribution >= 4 is 28.9 Å². The zero-order chi connectivity index (χ0) is 15.2. The number of halogens is 1. The molecule has 0 atom stereocenters. The summed E-state index contributed by atoms with van der Waals surface area (Å²) in [6.45, 7) is 2.10. The van der Waals surface area contributed by atoms with Crippen LogP contribution in [0.1, 0.15) is 23.0 Å². The minimum atomic E-state index is -0.563. The van der Waals surface area contributed by atoms with E-state index in [9.17, 15) is 9.59 Å². The zero-order valence-corrected chi connectivity index (χ0v) is 12.1. The van der Waals surface area contributed by atoms with Crippen molar-refractivity contribution in [2.45, 2.75) is 6.92 Å². The number of allylic oxidation sites excluding steroid dienone is 1. The van der Waals surface area contributed by atoms with E-state index in [2.05, 4.69) is 0 Å². The Labute approximate surface area is 127 Å². The van der Waals surface area contributed by atoms with E-state index in [4.69, 9.17) is 20.8 Å². The Hall–Kier alpha value is -2.33. The maximum atomic E-state index is 11.5. The molecular weight excluding hydrogens is 292 g/mol. The Kier molecular flexibility index (Phi) is 4.95. The lowest BCUT2D eigenvalue weighted by atomic mass is 10.1. The van der Waals surface area contributed by atoms with E-state index in [1.165, 1.54) is 12.2 Å². The summed E-state index contributed by atoms with van der Waals surface area (Å²) in [7, 11) is 0. The molecular formula is C16H13ClO4. The van der Waals surface area contributed by atoms with Crippen molar-refractivity contribution in [2.75, 3.05) is 6.61 Å². The average Bonchev–Trinajstić information content (AvgIpc) is 2.94. The number of furan rings is 1. The molecule has 1 aromatic carbocycles. The quantitative estimate of drug-likeness (QED) is 0.477. The maximum Gasteiger partial charge on any atom is 0.338 e. The van der Waals surface area contributed by atoms with Gasteiger partial charge in [0.2, 0.25) is 5.24 Å². The van der Waals surface area contributed by atoms with Crippen LogP contribution in [0.3, 0.4) is 0 Å². The average molecular weight is 305 g/mol. The van der Waals surface area contributed by atoms with Crippen LogP contribution >= 0.6 is 11.6 Å². The molecule has 0 aliphatic rings. The predicted molar refractivity (Wildman–Crippen MR) is 80.0 cm³/mol. The third kappa shape index (κ3) is 4.07. The van der Waals surface area contributed by atoms with E-state index in [-0.39, 0.29) is 5.97 Å². The van der Waals surface area contributed by atoms with Crippen LogP contribution in [-0.2, 0) is 9.53 Å². The third-order valence-corrected chi connectivity index (χ3v) is 2.81. The van der Waals surface area contributed by atoms with Crippen LogP contribution in [0, 0.1) is 0 Å². The molecule has 1 heterocycles. The third-order valence-electron chi connectivity index (χ3n) is 2.69. The Morgan fingerprint density at radius 1 is 1.19 bits per heavy atom. The van der Waals surface area contributed by atoms with Crippen molar-refractivity contribution in [3.05, 3.63) is 53.8 Å². The van der Waals surface area contributed by atoms with Crippen LogP contribution in [0.15, 0.2) is 46.9 Å². The van der Waals surface area contributed by atoms with Crippen molar-refractivity contribution in [1.29, 1.82) is 0 Å². The summed E-state index contributed by atoms with van der Waals surface area (Å²) in [5.74, 6) is 0.799. The second-order valence-electron chi connectivity index (χ2n) is 4.14. The molecule has 108 valence electrons. The summed E-state index contributed by atoms with van der Waals surface area (Å²) in [5, 5.41) is -0.563. The van der Waals surface area contributed by atoms with Gasteiger partial charge in [-0.05, 0) is 48.9 Å². The summed E-state index contributed by atoms with van der Waals surface area (Å²) in [6.07, 6.45) is 2.71. The van der Waals surface area contributed by atoms with Crippen LogP contribution in [0.4, 0.5) is 0 Å². The Balaban J connectivity index is 2.15. The molecule has 5 heteroatoms. The minimum absolute atomic E-state index is 0.341. The van der Waals surface area contributed by atoms with Gasteiger partial charge in [0, 0.05) is 11.6 Å². The van der Waals surface area contributed by atoms with E-state index in [0.717, 1.165) is 5.56 Å². The first-order chi connectivity index (χ1) is 10.1. The molecule has 2 aromatic rings. The molecule has 0 fully saturated rings. The first-order valence-electron chi connectivity index (χ1n) is 6.35. The van der Waals surface area contributed by atoms with E-state index in [0.29, 0.717) is 23.7 Å². The highest BCUT2D eigenvalue weighted by atomic mass is 35.5. The Morgan fingerprint density at radius 3 is 2.52 bits per heavy atom. The van der Waals surface area contributed by atoms with Crippen molar-refractivity contribution in [3.63, 3.8) is 0 Å². The lowest BCUT2D eigenvalue weighted by Crippen LogP contribution is -2.03. The van der Waals surface area contributed by atoms with Crippen LogP contribution in [0.5, 0.6) is 0 Å². The molecule has 1 aromatic heterocycles. The van der Waals surface area contributed by atoms with Gasteiger partial charge in [-0.1, -0.05) is 12.1 Å². The molecule has 0 saturated carbocycles. The summed E-state index contributed by atoms with van der Waals surface area (Å²) < 4.78 is 10.5. The highest BCUT2D eigenvalue weighted by Gasteiger charge is 2.08. The molecule has 21 heavy (non-hydrogen) atoms. The minimum Gasteiger partial charge on any atom is -0.462 e. The highest BCUT2D eigenvalue weighted by Crippen LogP contribution is 2.23. The number of carbonyl (C=O) groups is 2. The highest BCUT2D eigenvalue weighted by molar-refractivity contribution is 6.66. The normalized spacial score (nSPS) is 10.8.